The molecule has 1 aliphatic carbocycles. The highest BCUT2D eigenvalue weighted by molar-refractivity contribution is 7.91. The molecule has 13 heteroatoms. The second kappa shape index (κ2) is 10.7. The van der Waals surface area contributed by atoms with Crippen LogP contribution in [0.15, 0.2) is 57.3 Å². The van der Waals surface area contributed by atoms with Gasteiger partial charge in [-0.2, -0.15) is 16.8 Å². The summed E-state index contributed by atoms with van der Waals surface area (Å²) < 4.78 is 58.9. The number of aliphatic hydroxyl groups is 1. The van der Waals surface area contributed by atoms with E-state index in [1.165, 1.54) is 12.1 Å². The van der Waals surface area contributed by atoms with Crippen molar-refractivity contribution >= 4 is 54.9 Å². The molecule has 0 spiro atoms. The molecule has 1 unspecified atom stereocenters. The fourth-order valence-corrected chi connectivity index (χ4v) is 6.83. The fourth-order valence-electron chi connectivity index (χ4n) is 4.80. The standard InChI is InChI=1S/C27H32N4O7S2/c1-5-8-22(32)30-40(37,38)29-17-11-12-20-21(15-17)39(35,36)31-26(28-20)23-24(33)18-9-6-7-10-19(18)27(4,25(23)34)14-13-16(2)3/h6-7,9-12,15-16,29,33H,5,8,13-14H2,1-4H3,(H,28,31)(H,30,32). The maximum Gasteiger partial charge on any atom is 0.323 e. The van der Waals surface area contributed by atoms with Crippen LogP contribution in [0.4, 0.5) is 11.4 Å². The third kappa shape index (κ3) is 5.61. The van der Waals surface area contributed by atoms with Crippen LogP contribution in [0.25, 0.3) is 5.76 Å². The van der Waals surface area contributed by atoms with Crippen LogP contribution < -0.4 is 14.8 Å². The average molecular weight is 589 g/mol. The highest BCUT2D eigenvalue weighted by Crippen LogP contribution is 2.44. The van der Waals surface area contributed by atoms with Crippen molar-refractivity contribution in [3.63, 3.8) is 0 Å². The van der Waals surface area contributed by atoms with E-state index in [-0.39, 0.29) is 39.9 Å². The normalized spacial score (nSPS) is 19.8. The Hall–Kier alpha value is -3.71. The molecule has 2 aliphatic rings. The molecule has 1 aliphatic heterocycles. The number of nitrogens with zero attached hydrogens (tertiary/aromatic N) is 1. The fraction of sp³-hybridized carbons (Fsp3) is 0.370. The van der Waals surface area contributed by atoms with E-state index in [1.54, 1.807) is 38.1 Å². The quantitative estimate of drug-likeness (QED) is 0.340. The van der Waals surface area contributed by atoms with Crippen molar-refractivity contribution in [3.05, 3.63) is 59.2 Å². The molecule has 0 bridgehead atoms. The van der Waals surface area contributed by atoms with Gasteiger partial charge in [-0.05, 0) is 55.9 Å². The number of rotatable bonds is 9. The summed E-state index contributed by atoms with van der Waals surface area (Å²) in [5, 5.41) is 14.0. The minimum Gasteiger partial charge on any atom is -0.506 e. The van der Waals surface area contributed by atoms with Crippen molar-refractivity contribution in [2.75, 3.05) is 10.0 Å². The van der Waals surface area contributed by atoms with E-state index in [0.29, 0.717) is 29.9 Å². The third-order valence-corrected chi connectivity index (χ3v) is 9.22. The number of ketones is 1. The second-order valence-corrected chi connectivity index (χ2v) is 13.5. The number of benzene rings is 2. The smallest absolute Gasteiger partial charge is 0.323 e. The maximum atomic E-state index is 14.0. The van der Waals surface area contributed by atoms with Gasteiger partial charge in [0.05, 0.1) is 16.8 Å². The number of anilines is 2. The number of Topliss-reactive ketones (excluding diaryl/α,β-unsaturated/α-hetero) is 1. The van der Waals surface area contributed by atoms with Crippen LogP contribution in [0.1, 0.15) is 64.5 Å². The van der Waals surface area contributed by atoms with E-state index >= 15 is 0 Å². The van der Waals surface area contributed by atoms with E-state index in [4.69, 9.17) is 0 Å². The van der Waals surface area contributed by atoms with E-state index in [9.17, 15) is 31.5 Å². The number of carbonyl (C=O) groups excluding carboxylic acids is 2. The van der Waals surface area contributed by atoms with Crippen molar-refractivity contribution in [1.82, 2.24) is 4.72 Å². The van der Waals surface area contributed by atoms with Gasteiger partial charge in [-0.1, -0.05) is 45.0 Å². The first-order valence-electron chi connectivity index (χ1n) is 12.9. The molecule has 0 radical (unpaired) electrons. The first-order chi connectivity index (χ1) is 18.7. The minimum absolute atomic E-state index is 0.00327. The molecule has 40 heavy (non-hydrogen) atoms. The Kier molecular flexibility index (Phi) is 7.83. The number of amidine groups is 1. The largest absolute Gasteiger partial charge is 0.506 e. The molecular formula is C27H32N4O7S2. The molecule has 0 saturated heterocycles. The summed E-state index contributed by atoms with van der Waals surface area (Å²) in [5.74, 6) is -1.55. The van der Waals surface area contributed by atoms with Gasteiger partial charge in [-0.25, -0.2) is 4.72 Å². The summed E-state index contributed by atoms with van der Waals surface area (Å²) >= 11 is 0. The number of fused-ring (bicyclic) bond motifs is 2. The highest BCUT2D eigenvalue weighted by Gasteiger charge is 2.46. The Balaban J connectivity index is 1.73. The number of aliphatic hydroxyl groups excluding tert-OH is 1. The van der Waals surface area contributed by atoms with Crippen LogP contribution in [0.5, 0.6) is 0 Å². The lowest BCUT2D eigenvalue weighted by Gasteiger charge is -2.36. The van der Waals surface area contributed by atoms with Crippen LogP contribution in [-0.4, -0.2) is 39.5 Å². The molecule has 1 atom stereocenters. The van der Waals surface area contributed by atoms with Crippen molar-refractivity contribution in [2.45, 2.75) is 63.7 Å². The van der Waals surface area contributed by atoms with Gasteiger partial charge in [-0.3, -0.25) is 14.3 Å². The number of carbonyl (C=O) groups is 2. The maximum absolute atomic E-state index is 14.0. The van der Waals surface area contributed by atoms with Gasteiger partial charge >= 0.3 is 10.2 Å². The van der Waals surface area contributed by atoms with Crippen LogP contribution >= 0.6 is 0 Å². The molecule has 0 fully saturated rings. The molecule has 0 saturated carbocycles. The predicted octanol–water partition coefficient (Wildman–Crippen LogP) is 4.02. The summed E-state index contributed by atoms with van der Waals surface area (Å²) in [7, 11) is -8.73. The molecule has 2 aromatic rings. The van der Waals surface area contributed by atoms with Gasteiger partial charge in [0.15, 0.2) is 11.6 Å². The molecule has 0 aromatic heterocycles. The van der Waals surface area contributed by atoms with Crippen molar-refractivity contribution in [3.8, 4) is 0 Å². The van der Waals surface area contributed by atoms with Gasteiger partial charge in [0.1, 0.15) is 16.2 Å². The second-order valence-electron chi connectivity index (χ2n) is 10.5. The van der Waals surface area contributed by atoms with Crippen LogP contribution in [0.2, 0.25) is 0 Å². The monoisotopic (exact) mass is 588 g/mol. The number of hydrogen-bond acceptors (Lipinski definition) is 8. The predicted molar refractivity (Wildman–Crippen MR) is 153 cm³/mol. The van der Waals surface area contributed by atoms with E-state index in [1.807, 2.05) is 18.6 Å². The highest BCUT2D eigenvalue weighted by atomic mass is 32.2. The lowest BCUT2D eigenvalue weighted by atomic mass is 9.66. The van der Waals surface area contributed by atoms with Gasteiger partial charge in [0.2, 0.25) is 5.91 Å². The molecule has 1 heterocycles. The summed E-state index contributed by atoms with van der Waals surface area (Å²) in [5.41, 5.74) is -0.261. The molecule has 1 amide bonds. The molecule has 11 nitrogen and oxygen atoms in total. The topological polar surface area (TPSA) is 171 Å². The van der Waals surface area contributed by atoms with Crippen LogP contribution in [0.3, 0.4) is 0 Å². The zero-order valence-corrected chi connectivity index (χ0v) is 24.2. The third-order valence-electron chi connectivity index (χ3n) is 6.90. The van der Waals surface area contributed by atoms with Crippen molar-refractivity contribution in [1.29, 1.82) is 0 Å². The van der Waals surface area contributed by atoms with E-state index in [0.717, 1.165) is 12.5 Å². The Morgan fingerprint density at radius 3 is 2.55 bits per heavy atom. The Morgan fingerprint density at radius 2 is 1.88 bits per heavy atom. The Morgan fingerprint density at radius 1 is 1.18 bits per heavy atom. The molecule has 4 rings (SSSR count). The molecular weight excluding hydrogens is 556 g/mol. The van der Waals surface area contributed by atoms with Crippen molar-refractivity contribution < 1.29 is 31.5 Å². The number of sulfonamides is 1. The lowest BCUT2D eigenvalue weighted by molar-refractivity contribution is -0.120. The van der Waals surface area contributed by atoms with Gasteiger partial charge in [0.25, 0.3) is 10.0 Å². The summed E-state index contributed by atoms with van der Waals surface area (Å²) in [6.45, 7) is 7.59. The average Bonchev–Trinajstić information content (AvgIpc) is 2.86. The zero-order chi connectivity index (χ0) is 29.5. The zero-order valence-electron chi connectivity index (χ0n) is 22.6. The van der Waals surface area contributed by atoms with Crippen LogP contribution in [-0.2, 0) is 35.2 Å². The lowest BCUT2D eigenvalue weighted by Crippen LogP contribution is -2.42. The first kappa shape index (κ1) is 29.3. The van der Waals surface area contributed by atoms with Gasteiger partial charge < -0.3 is 10.4 Å². The number of amides is 1. The van der Waals surface area contributed by atoms with E-state index in [2.05, 4.69) is 14.4 Å². The summed E-state index contributed by atoms with van der Waals surface area (Å²) in [6.07, 6.45) is 1.65. The van der Waals surface area contributed by atoms with Crippen molar-refractivity contribution in [2.24, 2.45) is 10.3 Å². The minimum atomic E-state index is -4.43. The molecule has 214 valence electrons. The van der Waals surface area contributed by atoms with E-state index < -0.39 is 37.3 Å². The number of hydrogen-bond donors (Lipinski definition) is 4. The SMILES string of the molecule is CCCC(=O)NS(=O)(=O)Nc1ccc2c(c1)S(=O)(=O)N=C(C1=C(O)c3ccccc3C(C)(CCC(C)C)C1=O)N2. The van der Waals surface area contributed by atoms with Gasteiger partial charge in [0, 0.05) is 12.0 Å². The summed E-state index contributed by atoms with van der Waals surface area (Å²) in [6, 6.07) is 10.6. The van der Waals surface area contributed by atoms with Crippen LogP contribution in [0, 0.1) is 5.92 Å². The molecule has 4 N–H and O–H groups in total. The Bertz CT molecular complexity index is 1660. The van der Waals surface area contributed by atoms with Gasteiger partial charge in [-0.15, -0.1) is 4.40 Å². The number of nitrogens with one attached hydrogen (secondary N) is 3. The Labute approximate surface area is 234 Å². The molecule has 2 aromatic carbocycles. The summed E-state index contributed by atoms with van der Waals surface area (Å²) in [4.78, 5) is 25.3. The first-order valence-corrected chi connectivity index (χ1v) is 15.8.